The normalized spacial score (nSPS) is 12.3. The van der Waals surface area contributed by atoms with Gasteiger partial charge in [0.25, 0.3) is 0 Å². The summed E-state index contributed by atoms with van der Waals surface area (Å²) in [5.74, 6) is 0. The monoisotopic (exact) mass is 189 g/mol. The van der Waals surface area contributed by atoms with Gasteiger partial charge in [0, 0.05) is 0 Å². The van der Waals surface area contributed by atoms with Crippen LogP contribution in [0.1, 0.15) is 34.1 Å². The van der Waals surface area contributed by atoms with Crippen molar-refractivity contribution >= 4 is 6.09 Å². The summed E-state index contributed by atoms with van der Waals surface area (Å²) in [6.07, 6.45) is 0.442. The van der Waals surface area contributed by atoms with Crippen LogP contribution in [0, 0.1) is 0 Å². The summed E-state index contributed by atoms with van der Waals surface area (Å²) < 4.78 is 4.84. The number of amides is 1. The molecule has 0 aliphatic heterocycles. The second-order valence-electron chi connectivity index (χ2n) is 2.70. The van der Waals surface area contributed by atoms with E-state index in [4.69, 9.17) is 9.57 Å². The third-order valence-corrected chi connectivity index (χ3v) is 1.71. The first kappa shape index (κ1) is 12.2. The van der Waals surface area contributed by atoms with Crippen molar-refractivity contribution in [3.05, 3.63) is 0 Å². The van der Waals surface area contributed by atoms with Crippen LogP contribution in [-0.2, 0) is 9.57 Å². The van der Waals surface area contributed by atoms with Crippen LogP contribution in [0.15, 0.2) is 0 Å². The fraction of sp³-hybridized carbons (Fsp3) is 0.889. The third-order valence-electron chi connectivity index (χ3n) is 1.71. The Labute approximate surface area is 79.8 Å². The van der Waals surface area contributed by atoms with Crippen molar-refractivity contribution in [2.24, 2.45) is 0 Å². The molecule has 0 N–H and O–H groups in total. The highest BCUT2D eigenvalue weighted by Gasteiger charge is 2.20. The molecule has 0 spiro atoms. The molecule has 0 aromatic rings. The van der Waals surface area contributed by atoms with E-state index >= 15 is 0 Å². The number of nitrogens with zero attached hydrogens (tertiary/aromatic N) is 1. The minimum absolute atomic E-state index is 0.0546. The largest absolute Gasteiger partial charge is 0.448 e. The first-order valence-electron chi connectivity index (χ1n) is 4.76. The molecule has 13 heavy (non-hydrogen) atoms. The number of carbonyl (C=O) groups excluding carboxylic acids is 1. The standard InChI is InChI=1S/C9H19NO3/c1-5-8(4)10(13-7-3)9(11)12-6-2/h8H,5-7H2,1-4H3. The molecular weight excluding hydrogens is 170 g/mol. The molecule has 0 bridgehead atoms. The van der Waals surface area contributed by atoms with Crippen molar-refractivity contribution in [1.29, 1.82) is 0 Å². The predicted octanol–water partition coefficient (Wildman–Crippen LogP) is 2.19. The zero-order valence-corrected chi connectivity index (χ0v) is 8.87. The highest BCUT2D eigenvalue weighted by atomic mass is 16.7. The minimum Gasteiger partial charge on any atom is -0.448 e. The Morgan fingerprint density at radius 3 is 2.31 bits per heavy atom. The second-order valence-corrected chi connectivity index (χ2v) is 2.70. The first-order chi connectivity index (χ1) is 6.17. The lowest BCUT2D eigenvalue weighted by molar-refractivity contribution is -0.154. The summed E-state index contributed by atoms with van der Waals surface area (Å²) in [7, 11) is 0. The van der Waals surface area contributed by atoms with E-state index in [1.165, 1.54) is 5.06 Å². The maximum Gasteiger partial charge on any atom is 0.434 e. The van der Waals surface area contributed by atoms with E-state index in [1.54, 1.807) is 6.92 Å². The molecule has 0 fully saturated rings. The molecule has 0 aliphatic carbocycles. The maximum absolute atomic E-state index is 11.3. The third kappa shape index (κ3) is 4.12. The van der Waals surface area contributed by atoms with Gasteiger partial charge in [0.1, 0.15) is 0 Å². The molecule has 4 heteroatoms. The van der Waals surface area contributed by atoms with Crippen molar-refractivity contribution in [2.75, 3.05) is 13.2 Å². The molecule has 0 saturated heterocycles. The van der Waals surface area contributed by atoms with Crippen LogP contribution in [-0.4, -0.2) is 30.4 Å². The fourth-order valence-corrected chi connectivity index (χ4v) is 0.852. The average Bonchev–Trinajstić information content (AvgIpc) is 2.13. The van der Waals surface area contributed by atoms with Crippen LogP contribution in [0.5, 0.6) is 0 Å². The number of ether oxygens (including phenoxy) is 1. The van der Waals surface area contributed by atoms with Crippen LogP contribution in [0.25, 0.3) is 0 Å². The Bertz CT molecular complexity index is 150. The molecule has 0 radical (unpaired) electrons. The lowest BCUT2D eigenvalue weighted by Gasteiger charge is -2.25. The summed E-state index contributed by atoms with van der Waals surface area (Å²) in [5, 5.41) is 1.30. The number of hydroxylamine groups is 2. The van der Waals surface area contributed by atoms with E-state index in [0.717, 1.165) is 6.42 Å². The molecule has 0 aromatic carbocycles. The Morgan fingerprint density at radius 1 is 1.31 bits per heavy atom. The number of hydrogen-bond donors (Lipinski definition) is 0. The second kappa shape index (κ2) is 6.71. The molecule has 1 atom stereocenters. The van der Waals surface area contributed by atoms with Crippen LogP contribution in [0.3, 0.4) is 0 Å². The predicted molar refractivity (Wildman–Crippen MR) is 50.2 cm³/mol. The molecule has 78 valence electrons. The van der Waals surface area contributed by atoms with Gasteiger partial charge >= 0.3 is 6.09 Å². The van der Waals surface area contributed by atoms with Gasteiger partial charge in [0.05, 0.1) is 19.3 Å². The lowest BCUT2D eigenvalue weighted by Crippen LogP contribution is -2.38. The summed E-state index contributed by atoms with van der Waals surface area (Å²) >= 11 is 0. The summed E-state index contributed by atoms with van der Waals surface area (Å²) in [5.41, 5.74) is 0. The van der Waals surface area contributed by atoms with Crippen molar-refractivity contribution in [3.63, 3.8) is 0 Å². The van der Waals surface area contributed by atoms with Crippen LogP contribution in [0.2, 0.25) is 0 Å². The van der Waals surface area contributed by atoms with Gasteiger partial charge in [-0.2, -0.15) is 5.06 Å². The summed E-state index contributed by atoms with van der Waals surface area (Å²) in [4.78, 5) is 16.5. The van der Waals surface area contributed by atoms with E-state index in [1.807, 2.05) is 20.8 Å². The van der Waals surface area contributed by atoms with Crippen molar-refractivity contribution in [3.8, 4) is 0 Å². The summed E-state index contributed by atoms with van der Waals surface area (Å²) in [6.45, 7) is 8.39. The van der Waals surface area contributed by atoms with E-state index in [-0.39, 0.29) is 6.04 Å². The fourth-order valence-electron chi connectivity index (χ4n) is 0.852. The molecule has 0 aromatic heterocycles. The van der Waals surface area contributed by atoms with Crippen LogP contribution in [0.4, 0.5) is 4.79 Å². The molecule has 4 nitrogen and oxygen atoms in total. The molecular formula is C9H19NO3. The van der Waals surface area contributed by atoms with Gasteiger partial charge in [0.15, 0.2) is 0 Å². The average molecular weight is 189 g/mol. The minimum atomic E-state index is -0.404. The Morgan fingerprint density at radius 2 is 1.92 bits per heavy atom. The first-order valence-corrected chi connectivity index (χ1v) is 4.76. The molecule has 0 heterocycles. The van der Waals surface area contributed by atoms with Crippen molar-refractivity contribution < 1.29 is 14.4 Å². The molecule has 0 rings (SSSR count). The van der Waals surface area contributed by atoms with Gasteiger partial charge in [-0.05, 0) is 27.2 Å². The highest BCUT2D eigenvalue weighted by molar-refractivity contribution is 5.66. The van der Waals surface area contributed by atoms with Gasteiger partial charge in [-0.1, -0.05) is 6.92 Å². The van der Waals surface area contributed by atoms with E-state index < -0.39 is 6.09 Å². The van der Waals surface area contributed by atoms with Crippen molar-refractivity contribution in [1.82, 2.24) is 5.06 Å². The van der Waals surface area contributed by atoms with E-state index in [9.17, 15) is 4.79 Å². The number of carbonyl (C=O) groups is 1. The topological polar surface area (TPSA) is 38.8 Å². The van der Waals surface area contributed by atoms with Crippen LogP contribution < -0.4 is 0 Å². The van der Waals surface area contributed by atoms with Crippen molar-refractivity contribution in [2.45, 2.75) is 40.2 Å². The van der Waals surface area contributed by atoms with Gasteiger partial charge in [-0.3, -0.25) is 4.84 Å². The van der Waals surface area contributed by atoms with Gasteiger partial charge in [-0.25, -0.2) is 4.79 Å². The lowest BCUT2D eigenvalue weighted by atomic mass is 10.3. The SMILES string of the molecule is CCOC(=O)N(OCC)C(C)CC. The molecule has 0 saturated carbocycles. The van der Waals surface area contributed by atoms with Gasteiger partial charge in [-0.15, -0.1) is 0 Å². The van der Waals surface area contributed by atoms with Crippen LogP contribution >= 0.6 is 0 Å². The zero-order valence-electron chi connectivity index (χ0n) is 8.87. The highest BCUT2D eigenvalue weighted by Crippen LogP contribution is 2.06. The quantitative estimate of drug-likeness (QED) is 0.622. The van der Waals surface area contributed by atoms with Gasteiger partial charge in [0.2, 0.25) is 0 Å². The van der Waals surface area contributed by atoms with E-state index in [2.05, 4.69) is 0 Å². The maximum atomic E-state index is 11.3. The number of rotatable bonds is 5. The molecule has 1 amide bonds. The molecule has 1 unspecified atom stereocenters. The smallest absolute Gasteiger partial charge is 0.434 e. The Balaban J connectivity index is 4.13. The van der Waals surface area contributed by atoms with Gasteiger partial charge < -0.3 is 4.74 Å². The zero-order chi connectivity index (χ0) is 10.3. The Hall–Kier alpha value is -0.770. The summed E-state index contributed by atoms with van der Waals surface area (Å²) in [6, 6.07) is 0.0546. The Kier molecular flexibility index (Phi) is 6.32. The molecule has 0 aliphatic rings. The number of hydrogen-bond acceptors (Lipinski definition) is 3. The van der Waals surface area contributed by atoms with E-state index in [0.29, 0.717) is 13.2 Å².